The standard InChI is InChI=1S/C15H21N/c1-13-7-4-5-8-14(13)10-11-15-9-3-2-6-12-16-15/h4-5,7-8,10-11,15-16H,2-3,6,9,12H2,1H3/b11-10+. The van der Waals surface area contributed by atoms with Crippen LogP contribution in [0.1, 0.15) is 36.8 Å². The molecule has 0 aliphatic carbocycles. The Labute approximate surface area is 98.6 Å². The highest BCUT2D eigenvalue weighted by Crippen LogP contribution is 2.13. The third kappa shape index (κ3) is 3.21. The SMILES string of the molecule is Cc1ccccc1/C=C/C1CCCCCN1. The van der Waals surface area contributed by atoms with Crippen LogP contribution in [0.2, 0.25) is 0 Å². The van der Waals surface area contributed by atoms with E-state index in [0.717, 1.165) is 0 Å². The lowest BCUT2D eigenvalue weighted by Gasteiger charge is -2.10. The first kappa shape index (κ1) is 11.4. The van der Waals surface area contributed by atoms with Gasteiger partial charge in [-0.3, -0.25) is 0 Å². The average Bonchev–Trinajstić information content (AvgIpc) is 2.56. The Morgan fingerprint density at radius 2 is 2.06 bits per heavy atom. The van der Waals surface area contributed by atoms with Crippen LogP contribution >= 0.6 is 0 Å². The Kier molecular flexibility index (Phi) is 4.17. The molecule has 1 saturated heterocycles. The van der Waals surface area contributed by atoms with Gasteiger partial charge in [-0.2, -0.15) is 0 Å². The number of rotatable bonds is 2. The fraction of sp³-hybridized carbons (Fsp3) is 0.467. The molecule has 86 valence electrons. The van der Waals surface area contributed by atoms with Crippen LogP contribution in [0.3, 0.4) is 0 Å². The molecule has 0 bridgehead atoms. The van der Waals surface area contributed by atoms with E-state index in [1.165, 1.54) is 43.4 Å². The molecule has 1 unspecified atom stereocenters. The molecule has 1 heteroatoms. The van der Waals surface area contributed by atoms with E-state index in [1.54, 1.807) is 0 Å². The second-order valence-corrected chi connectivity index (χ2v) is 4.63. The lowest BCUT2D eigenvalue weighted by Crippen LogP contribution is -2.25. The predicted octanol–water partition coefficient (Wildman–Crippen LogP) is 3.54. The molecule has 1 fully saturated rings. The van der Waals surface area contributed by atoms with Crippen molar-refractivity contribution >= 4 is 6.08 Å². The molecule has 1 aromatic rings. The molecule has 1 aliphatic rings. The predicted molar refractivity (Wildman–Crippen MR) is 70.5 cm³/mol. The third-order valence-corrected chi connectivity index (χ3v) is 3.29. The van der Waals surface area contributed by atoms with Gasteiger partial charge < -0.3 is 5.32 Å². The second kappa shape index (κ2) is 5.86. The quantitative estimate of drug-likeness (QED) is 0.795. The number of hydrogen-bond donors (Lipinski definition) is 1. The largest absolute Gasteiger partial charge is 0.311 e. The molecule has 1 aromatic carbocycles. The molecule has 1 N–H and O–H groups in total. The van der Waals surface area contributed by atoms with Gasteiger partial charge in [0.15, 0.2) is 0 Å². The van der Waals surface area contributed by atoms with Crippen LogP contribution in [0.25, 0.3) is 6.08 Å². The molecule has 1 nitrogen and oxygen atoms in total. The maximum Gasteiger partial charge on any atom is 0.0253 e. The molecule has 2 rings (SSSR count). The van der Waals surface area contributed by atoms with E-state index in [1.807, 2.05) is 0 Å². The van der Waals surface area contributed by atoms with Crippen LogP contribution in [-0.2, 0) is 0 Å². The van der Waals surface area contributed by atoms with Crippen LogP contribution in [0.15, 0.2) is 30.3 Å². The first-order valence-corrected chi connectivity index (χ1v) is 6.33. The van der Waals surface area contributed by atoms with E-state index >= 15 is 0 Å². The second-order valence-electron chi connectivity index (χ2n) is 4.63. The Balaban J connectivity index is 2.00. The van der Waals surface area contributed by atoms with Crippen molar-refractivity contribution in [3.05, 3.63) is 41.5 Å². The molecule has 0 spiro atoms. The summed E-state index contributed by atoms with van der Waals surface area (Å²) in [6.07, 6.45) is 9.93. The molecule has 0 amide bonds. The molecule has 0 aromatic heterocycles. The third-order valence-electron chi connectivity index (χ3n) is 3.29. The van der Waals surface area contributed by atoms with Crippen LogP contribution < -0.4 is 5.32 Å². The highest BCUT2D eigenvalue weighted by atomic mass is 14.9. The average molecular weight is 215 g/mol. The minimum Gasteiger partial charge on any atom is -0.311 e. The fourth-order valence-electron chi connectivity index (χ4n) is 2.21. The summed E-state index contributed by atoms with van der Waals surface area (Å²) >= 11 is 0. The van der Waals surface area contributed by atoms with Gasteiger partial charge in [0.2, 0.25) is 0 Å². The Morgan fingerprint density at radius 1 is 1.19 bits per heavy atom. The van der Waals surface area contributed by atoms with Crippen molar-refractivity contribution in [1.29, 1.82) is 0 Å². The Hall–Kier alpha value is -1.08. The number of benzene rings is 1. The topological polar surface area (TPSA) is 12.0 Å². The first-order valence-electron chi connectivity index (χ1n) is 6.33. The molecule has 16 heavy (non-hydrogen) atoms. The highest BCUT2D eigenvalue weighted by molar-refractivity contribution is 5.53. The van der Waals surface area contributed by atoms with Crippen LogP contribution in [0, 0.1) is 6.92 Å². The Bertz CT molecular complexity index is 346. The van der Waals surface area contributed by atoms with Crippen molar-refractivity contribution in [2.75, 3.05) is 6.54 Å². The summed E-state index contributed by atoms with van der Waals surface area (Å²) in [6.45, 7) is 3.34. The van der Waals surface area contributed by atoms with Gasteiger partial charge in [-0.25, -0.2) is 0 Å². The summed E-state index contributed by atoms with van der Waals surface area (Å²) in [6, 6.07) is 9.12. The maximum atomic E-state index is 3.58. The zero-order valence-corrected chi connectivity index (χ0v) is 10.1. The minimum absolute atomic E-state index is 0.571. The molecule has 1 heterocycles. The summed E-state index contributed by atoms with van der Waals surface area (Å²) < 4.78 is 0. The van der Waals surface area contributed by atoms with Gasteiger partial charge in [0, 0.05) is 6.04 Å². The summed E-state index contributed by atoms with van der Waals surface area (Å²) in [7, 11) is 0. The molecular weight excluding hydrogens is 194 g/mol. The van der Waals surface area contributed by atoms with Crippen LogP contribution in [-0.4, -0.2) is 12.6 Å². The minimum atomic E-state index is 0.571. The van der Waals surface area contributed by atoms with Crippen molar-refractivity contribution in [3.8, 4) is 0 Å². The van der Waals surface area contributed by atoms with Gasteiger partial charge in [-0.1, -0.05) is 49.3 Å². The van der Waals surface area contributed by atoms with E-state index in [0.29, 0.717) is 6.04 Å². The molecule has 1 aliphatic heterocycles. The van der Waals surface area contributed by atoms with Crippen molar-refractivity contribution in [1.82, 2.24) is 5.32 Å². The van der Waals surface area contributed by atoms with Gasteiger partial charge in [0.05, 0.1) is 0 Å². The van der Waals surface area contributed by atoms with Gasteiger partial charge in [-0.05, 0) is 37.4 Å². The number of hydrogen-bond acceptors (Lipinski definition) is 1. The smallest absolute Gasteiger partial charge is 0.0253 e. The normalized spacial score (nSPS) is 22.2. The summed E-state index contributed by atoms with van der Waals surface area (Å²) in [5, 5.41) is 3.58. The van der Waals surface area contributed by atoms with E-state index < -0.39 is 0 Å². The van der Waals surface area contributed by atoms with Gasteiger partial charge in [0.25, 0.3) is 0 Å². The fourth-order valence-corrected chi connectivity index (χ4v) is 2.21. The van der Waals surface area contributed by atoms with Crippen molar-refractivity contribution in [3.63, 3.8) is 0 Å². The van der Waals surface area contributed by atoms with Crippen molar-refractivity contribution in [2.45, 2.75) is 38.6 Å². The van der Waals surface area contributed by atoms with E-state index in [2.05, 4.69) is 48.7 Å². The zero-order valence-electron chi connectivity index (χ0n) is 10.1. The monoisotopic (exact) mass is 215 g/mol. The zero-order chi connectivity index (χ0) is 11.2. The summed E-state index contributed by atoms with van der Waals surface area (Å²) in [5.41, 5.74) is 2.70. The first-order chi connectivity index (χ1) is 7.86. The van der Waals surface area contributed by atoms with Crippen LogP contribution in [0.5, 0.6) is 0 Å². The highest BCUT2D eigenvalue weighted by Gasteiger charge is 2.07. The van der Waals surface area contributed by atoms with E-state index in [9.17, 15) is 0 Å². The maximum absolute atomic E-state index is 3.58. The summed E-state index contributed by atoms with van der Waals surface area (Å²) in [5.74, 6) is 0. The number of aryl methyl sites for hydroxylation is 1. The van der Waals surface area contributed by atoms with Gasteiger partial charge in [0.1, 0.15) is 0 Å². The van der Waals surface area contributed by atoms with Gasteiger partial charge >= 0.3 is 0 Å². The molecule has 1 atom stereocenters. The van der Waals surface area contributed by atoms with Crippen LogP contribution in [0.4, 0.5) is 0 Å². The molecule has 0 radical (unpaired) electrons. The lowest BCUT2D eigenvalue weighted by molar-refractivity contribution is 0.599. The van der Waals surface area contributed by atoms with Gasteiger partial charge in [-0.15, -0.1) is 0 Å². The van der Waals surface area contributed by atoms with E-state index in [-0.39, 0.29) is 0 Å². The van der Waals surface area contributed by atoms with Crippen molar-refractivity contribution < 1.29 is 0 Å². The lowest BCUT2D eigenvalue weighted by atomic mass is 10.1. The van der Waals surface area contributed by atoms with Crippen molar-refractivity contribution in [2.24, 2.45) is 0 Å². The molecule has 0 saturated carbocycles. The number of nitrogens with one attached hydrogen (secondary N) is 1. The summed E-state index contributed by atoms with van der Waals surface area (Å²) in [4.78, 5) is 0. The Morgan fingerprint density at radius 3 is 2.94 bits per heavy atom. The van der Waals surface area contributed by atoms with E-state index in [4.69, 9.17) is 0 Å². The molecular formula is C15H21N.